The van der Waals surface area contributed by atoms with Crippen molar-refractivity contribution in [3.05, 3.63) is 89.5 Å². The summed E-state index contributed by atoms with van der Waals surface area (Å²) in [5.41, 5.74) is 2.63. The zero-order chi connectivity index (χ0) is 22.4. The van der Waals surface area contributed by atoms with E-state index in [0.29, 0.717) is 17.7 Å². The molecule has 0 aliphatic heterocycles. The third-order valence-electron chi connectivity index (χ3n) is 4.94. The molecule has 0 radical (unpaired) electrons. The maximum Gasteiger partial charge on any atom is 0.261 e. The molecule has 0 aromatic heterocycles. The quantitative estimate of drug-likeness (QED) is 0.535. The van der Waals surface area contributed by atoms with Crippen molar-refractivity contribution in [3.63, 3.8) is 0 Å². The number of aryl methyl sites for hydroxylation is 1. The predicted molar refractivity (Wildman–Crippen MR) is 122 cm³/mol. The summed E-state index contributed by atoms with van der Waals surface area (Å²) < 4.78 is 33.0. The molecule has 0 saturated heterocycles. The molecule has 3 rings (SSSR count). The molecule has 0 fully saturated rings. The van der Waals surface area contributed by atoms with Crippen LogP contribution in [0.25, 0.3) is 0 Å². The Morgan fingerprint density at radius 3 is 2.29 bits per heavy atom. The van der Waals surface area contributed by atoms with Crippen molar-refractivity contribution < 1.29 is 17.9 Å². The summed E-state index contributed by atoms with van der Waals surface area (Å²) in [6.45, 7) is 3.88. The maximum atomic E-state index is 12.8. The molecule has 0 aliphatic rings. The summed E-state index contributed by atoms with van der Waals surface area (Å²) in [7, 11) is -2.14. The van der Waals surface area contributed by atoms with Gasteiger partial charge < -0.3 is 10.1 Å². The van der Waals surface area contributed by atoms with Crippen LogP contribution in [0.1, 0.15) is 40.9 Å². The van der Waals surface area contributed by atoms with E-state index in [-0.39, 0.29) is 16.8 Å². The Bertz CT molecular complexity index is 1140. The Hall–Kier alpha value is -3.32. The van der Waals surface area contributed by atoms with Gasteiger partial charge in [-0.3, -0.25) is 9.52 Å². The van der Waals surface area contributed by atoms with Gasteiger partial charge in [-0.15, -0.1) is 0 Å². The van der Waals surface area contributed by atoms with Crippen LogP contribution in [-0.4, -0.2) is 21.4 Å². The van der Waals surface area contributed by atoms with Crippen molar-refractivity contribution >= 4 is 21.6 Å². The summed E-state index contributed by atoms with van der Waals surface area (Å²) in [5.74, 6) is 0.470. The number of rotatable bonds is 8. The van der Waals surface area contributed by atoms with Crippen LogP contribution in [0.4, 0.5) is 5.69 Å². The van der Waals surface area contributed by atoms with E-state index in [9.17, 15) is 13.2 Å². The van der Waals surface area contributed by atoms with Gasteiger partial charge in [-0.1, -0.05) is 42.8 Å². The molecule has 1 atom stereocenters. The minimum atomic E-state index is -3.74. The zero-order valence-corrected chi connectivity index (χ0v) is 18.6. The Kier molecular flexibility index (Phi) is 6.97. The monoisotopic (exact) mass is 438 g/mol. The standard InChI is InChI=1S/C24H26N2O4S/c1-4-23(18-10-12-21(30-3)13-11-18)25-24(27)19-6-5-7-20(16-19)26-31(28,29)22-14-8-17(2)9-15-22/h5-16,23,26H,4H2,1-3H3,(H,25,27)/t23-/m1/s1. The van der Waals surface area contributed by atoms with Gasteiger partial charge in [-0.2, -0.15) is 0 Å². The molecule has 0 bridgehead atoms. The van der Waals surface area contributed by atoms with Gasteiger partial charge in [0.15, 0.2) is 0 Å². The van der Waals surface area contributed by atoms with Crippen LogP contribution >= 0.6 is 0 Å². The van der Waals surface area contributed by atoms with Crippen molar-refractivity contribution in [2.45, 2.75) is 31.2 Å². The maximum absolute atomic E-state index is 12.8. The normalized spacial score (nSPS) is 12.1. The number of ether oxygens (including phenoxy) is 1. The summed E-state index contributed by atoms with van der Waals surface area (Å²) in [5, 5.41) is 3.01. The van der Waals surface area contributed by atoms with Crippen LogP contribution in [0, 0.1) is 6.92 Å². The number of sulfonamides is 1. The highest BCUT2D eigenvalue weighted by Gasteiger charge is 2.17. The molecule has 162 valence electrons. The van der Waals surface area contributed by atoms with E-state index in [0.717, 1.165) is 16.9 Å². The van der Waals surface area contributed by atoms with E-state index in [1.807, 2.05) is 38.1 Å². The van der Waals surface area contributed by atoms with E-state index in [2.05, 4.69) is 10.0 Å². The SMILES string of the molecule is CC[C@@H](NC(=O)c1cccc(NS(=O)(=O)c2ccc(C)cc2)c1)c1ccc(OC)cc1. The van der Waals surface area contributed by atoms with E-state index in [1.54, 1.807) is 49.6 Å². The van der Waals surface area contributed by atoms with Crippen LogP contribution in [0.2, 0.25) is 0 Å². The first-order chi connectivity index (χ1) is 14.8. The molecule has 7 heteroatoms. The van der Waals surface area contributed by atoms with Crippen molar-refractivity contribution in [3.8, 4) is 5.75 Å². The molecule has 0 aliphatic carbocycles. The van der Waals surface area contributed by atoms with Gasteiger partial charge in [-0.25, -0.2) is 8.42 Å². The van der Waals surface area contributed by atoms with E-state index in [1.165, 1.54) is 6.07 Å². The lowest BCUT2D eigenvalue weighted by Crippen LogP contribution is -2.28. The smallest absolute Gasteiger partial charge is 0.261 e. The molecular weight excluding hydrogens is 412 g/mol. The lowest BCUT2D eigenvalue weighted by Gasteiger charge is -2.18. The second-order valence-corrected chi connectivity index (χ2v) is 8.89. The molecule has 31 heavy (non-hydrogen) atoms. The molecule has 0 unspecified atom stereocenters. The highest BCUT2D eigenvalue weighted by Crippen LogP contribution is 2.22. The highest BCUT2D eigenvalue weighted by atomic mass is 32.2. The molecule has 0 heterocycles. The first kappa shape index (κ1) is 22.4. The summed E-state index contributed by atoms with van der Waals surface area (Å²) in [6, 6.07) is 20.4. The lowest BCUT2D eigenvalue weighted by atomic mass is 10.0. The Labute approximate surface area is 183 Å². The molecule has 0 saturated carbocycles. The summed E-state index contributed by atoms with van der Waals surface area (Å²) in [6.07, 6.45) is 0.706. The van der Waals surface area contributed by atoms with Crippen LogP contribution < -0.4 is 14.8 Å². The van der Waals surface area contributed by atoms with Crippen LogP contribution in [0.15, 0.2) is 77.7 Å². The minimum Gasteiger partial charge on any atom is -0.497 e. The molecule has 1 amide bonds. The minimum absolute atomic E-state index is 0.165. The number of hydrogen-bond donors (Lipinski definition) is 2. The number of amides is 1. The van der Waals surface area contributed by atoms with Crippen LogP contribution in [0.5, 0.6) is 5.75 Å². The Morgan fingerprint density at radius 1 is 1.00 bits per heavy atom. The molecule has 0 spiro atoms. The Balaban J connectivity index is 1.75. The summed E-state index contributed by atoms with van der Waals surface area (Å²) >= 11 is 0. The third-order valence-corrected chi connectivity index (χ3v) is 6.34. The van der Waals surface area contributed by atoms with Gasteiger partial charge in [-0.05, 0) is 61.4 Å². The van der Waals surface area contributed by atoms with E-state index >= 15 is 0 Å². The number of methoxy groups -OCH3 is 1. The van der Waals surface area contributed by atoms with E-state index < -0.39 is 10.0 Å². The van der Waals surface area contributed by atoms with Gasteiger partial charge >= 0.3 is 0 Å². The Morgan fingerprint density at radius 2 is 1.68 bits per heavy atom. The second-order valence-electron chi connectivity index (χ2n) is 7.21. The molecule has 3 aromatic carbocycles. The number of hydrogen-bond acceptors (Lipinski definition) is 4. The molecule has 6 nitrogen and oxygen atoms in total. The predicted octanol–water partition coefficient (Wildman–Crippen LogP) is 4.69. The molecular formula is C24H26N2O4S. The first-order valence-corrected chi connectivity index (χ1v) is 11.4. The number of nitrogens with one attached hydrogen (secondary N) is 2. The van der Waals surface area contributed by atoms with Crippen molar-refractivity contribution in [1.82, 2.24) is 5.32 Å². The van der Waals surface area contributed by atoms with Gasteiger partial charge in [0.25, 0.3) is 15.9 Å². The fourth-order valence-electron chi connectivity index (χ4n) is 3.15. The average Bonchev–Trinajstić information content (AvgIpc) is 2.77. The first-order valence-electron chi connectivity index (χ1n) is 9.96. The van der Waals surface area contributed by atoms with Crippen molar-refractivity contribution in [2.24, 2.45) is 0 Å². The number of benzene rings is 3. The third kappa shape index (κ3) is 5.64. The highest BCUT2D eigenvalue weighted by molar-refractivity contribution is 7.92. The topological polar surface area (TPSA) is 84.5 Å². The van der Waals surface area contributed by atoms with E-state index in [4.69, 9.17) is 4.74 Å². The molecule has 3 aromatic rings. The van der Waals surface area contributed by atoms with Gasteiger partial charge in [0.1, 0.15) is 5.75 Å². The van der Waals surface area contributed by atoms with Crippen LogP contribution in [-0.2, 0) is 10.0 Å². The summed E-state index contributed by atoms with van der Waals surface area (Å²) in [4.78, 5) is 13.0. The van der Waals surface area contributed by atoms with Gasteiger partial charge in [0.2, 0.25) is 0 Å². The van der Waals surface area contributed by atoms with Crippen molar-refractivity contribution in [2.75, 3.05) is 11.8 Å². The number of carbonyl (C=O) groups excluding carboxylic acids is 1. The van der Waals surface area contributed by atoms with Crippen LogP contribution in [0.3, 0.4) is 0 Å². The average molecular weight is 439 g/mol. The lowest BCUT2D eigenvalue weighted by molar-refractivity contribution is 0.0935. The molecule has 2 N–H and O–H groups in total. The fourth-order valence-corrected chi connectivity index (χ4v) is 4.20. The number of anilines is 1. The van der Waals surface area contributed by atoms with Crippen molar-refractivity contribution in [1.29, 1.82) is 0 Å². The largest absolute Gasteiger partial charge is 0.497 e. The van der Waals surface area contributed by atoms with Gasteiger partial charge in [0.05, 0.1) is 18.0 Å². The second kappa shape index (κ2) is 9.66. The fraction of sp³-hybridized carbons (Fsp3) is 0.208. The zero-order valence-electron chi connectivity index (χ0n) is 17.8. The number of carbonyl (C=O) groups is 1. The van der Waals surface area contributed by atoms with Gasteiger partial charge in [0, 0.05) is 11.3 Å².